The van der Waals surface area contributed by atoms with E-state index >= 15 is 0 Å². The normalized spacial score (nSPS) is 10.8. The molecule has 0 saturated heterocycles. The van der Waals surface area contributed by atoms with Gasteiger partial charge >= 0.3 is 0 Å². The van der Waals surface area contributed by atoms with Crippen molar-refractivity contribution in [2.24, 2.45) is 0 Å². The Kier molecular flexibility index (Phi) is 7.63. The van der Waals surface area contributed by atoms with Crippen molar-refractivity contribution < 1.29 is 14.3 Å². The van der Waals surface area contributed by atoms with Crippen molar-refractivity contribution in [1.29, 1.82) is 0 Å². The smallest absolute Gasteiger partial charge is 0.248 e. The van der Waals surface area contributed by atoms with Crippen molar-refractivity contribution in [1.82, 2.24) is 0 Å². The van der Waals surface area contributed by atoms with E-state index in [9.17, 15) is 4.79 Å². The van der Waals surface area contributed by atoms with Gasteiger partial charge in [0.1, 0.15) is 6.61 Å². The molecular weight excluding hydrogens is 445 g/mol. The second-order valence-corrected chi connectivity index (χ2v) is 7.62. The molecule has 0 atom stereocenters. The predicted molar refractivity (Wildman–Crippen MR) is 123 cm³/mol. The SMILES string of the molecule is COc1cc(C=CC(=O)Nc2cc(Cl)cc(Cl)c2)ccc1OCc1ccc(Cl)cc1. The van der Waals surface area contributed by atoms with Crippen LogP contribution in [0.15, 0.2) is 66.7 Å². The number of anilines is 1. The van der Waals surface area contributed by atoms with Crippen LogP contribution in [0.1, 0.15) is 11.1 Å². The van der Waals surface area contributed by atoms with Crippen LogP contribution >= 0.6 is 34.8 Å². The lowest BCUT2D eigenvalue weighted by atomic mass is 10.2. The number of benzene rings is 3. The maximum atomic E-state index is 12.2. The summed E-state index contributed by atoms with van der Waals surface area (Å²) in [5, 5.41) is 4.28. The average Bonchev–Trinajstić information content (AvgIpc) is 2.71. The van der Waals surface area contributed by atoms with Gasteiger partial charge in [-0.15, -0.1) is 0 Å². The fourth-order valence-electron chi connectivity index (χ4n) is 2.63. The first-order valence-corrected chi connectivity index (χ1v) is 10.1. The highest BCUT2D eigenvalue weighted by molar-refractivity contribution is 6.35. The standard InChI is InChI=1S/C23H18Cl3NO3/c1-29-22-10-15(4-8-21(22)30-14-16-2-6-17(24)7-3-16)5-9-23(28)27-20-12-18(25)11-19(26)13-20/h2-13H,14H2,1H3,(H,27,28). The molecule has 0 bridgehead atoms. The van der Waals surface area contributed by atoms with Gasteiger partial charge in [-0.2, -0.15) is 0 Å². The molecule has 0 fully saturated rings. The minimum atomic E-state index is -0.310. The topological polar surface area (TPSA) is 47.6 Å². The Labute approximate surface area is 190 Å². The van der Waals surface area contributed by atoms with Crippen molar-refractivity contribution in [2.45, 2.75) is 6.61 Å². The largest absolute Gasteiger partial charge is 0.493 e. The first kappa shape index (κ1) is 22.0. The van der Waals surface area contributed by atoms with Gasteiger partial charge in [-0.05, 0) is 59.7 Å². The first-order valence-electron chi connectivity index (χ1n) is 8.93. The van der Waals surface area contributed by atoms with Crippen LogP contribution in [0.25, 0.3) is 6.08 Å². The highest BCUT2D eigenvalue weighted by atomic mass is 35.5. The zero-order valence-electron chi connectivity index (χ0n) is 16.0. The molecule has 3 aromatic carbocycles. The number of halogens is 3. The summed E-state index contributed by atoms with van der Waals surface area (Å²) in [6, 6.07) is 17.7. The number of rotatable bonds is 7. The molecule has 0 saturated carbocycles. The van der Waals surface area contributed by atoms with E-state index in [2.05, 4.69) is 5.32 Å². The summed E-state index contributed by atoms with van der Waals surface area (Å²) in [4.78, 5) is 12.2. The van der Waals surface area contributed by atoms with Gasteiger partial charge in [0.2, 0.25) is 5.91 Å². The average molecular weight is 463 g/mol. The van der Waals surface area contributed by atoms with Crippen molar-refractivity contribution in [3.8, 4) is 11.5 Å². The minimum Gasteiger partial charge on any atom is -0.493 e. The molecule has 0 aliphatic rings. The number of hydrogen-bond donors (Lipinski definition) is 1. The van der Waals surface area contributed by atoms with E-state index < -0.39 is 0 Å². The zero-order valence-corrected chi connectivity index (χ0v) is 18.3. The molecule has 4 nitrogen and oxygen atoms in total. The molecule has 3 rings (SSSR count). The lowest BCUT2D eigenvalue weighted by Crippen LogP contribution is -2.07. The van der Waals surface area contributed by atoms with Crippen LogP contribution < -0.4 is 14.8 Å². The number of carbonyl (C=O) groups is 1. The van der Waals surface area contributed by atoms with Crippen LogP contribution in [0.2, 0.25) is 15.1 Å². The third kappa shape index (κ3) is 6.42. The number of methoxy groups -OCH3 is 1. The molecule has 0 aliphatic carbocycles. The van der Waals surface area contributed by atoms with Crippen LogP contribution in [0.4, 0.5) is 5.69 Å². The van der Waals surface area contributed by atoms with Gasteiger partial charge in [-0.1, -0.05) is 53.0 Å². The summed E-state index contributed by atoms with van der Waals surface area (Å²) >= 11 is 17.8. The summed E-state index contributed by atoms with van der Waals surface area (Å²) in [6.07, 6.45) is 3.09. The quantitative estimate of drug-likeness (QED) is 0.389. The molecule has 154 valence electrons. The van der Waals surface area contributed by atoms with Gasteiger partial charge < -0.3 is 14.8 Å². The van der Waals surface area contributed by atoms with E-state index in [1.807, 2.05) is 30.3 Å². The molecule has 1 N–H and O–H groups in total. The maximum Gasteiger partial charge on any atom is 0.248 e. The molecule has 7 heteroatoms. The minimum absolute atomic E-state index is 0.310. The van der Waals surface area contributed by atoms with Crippen molar-refractivity contribution in [3.05, 3.63) is 92.9 Å². The third-order valence-corrected chi connectivity index (χ3v) is 4.74. The predicted octanol–water partition coefficient (Wildman–Crippen LogP) is 6.89. The summed E-state index contributed by atoms with van der Waals surface area (Å²) in [7, 11) is 1.56. The Balaban J connectivity index is 1.64. The molecule has 0 radical (unpaired) electrons. The summed E-state index contributed by atoms with van der Waals surface area (Å²) in [6.45, 7) is 0.382. The van der Waals surface area contributed by atoms with Crippen molar-refractivity contribution in [2.75, 3.05) is 12.4 Å². The third-order valence-electron chi connectivity index (χ3n) is 4.05. The lowest BCUT2D eigenvalue weighted by Gasteiger charge is -2.11. The monoisotopic (exact) mass is 461 g/mol. The van der Waals surface area contributed by atoms with Crippen LogP contribution in [0.5, 0.6) is 11.5 Å². The highest BCUT2D eigenvalue weighted by Crippen LogP contribution is 2.29. The van der Waals surface area contributed by atoms with E-state index in [1.165, 1.54) is 6.08 Å². The lowest BCUT2D eigenvalue weighted by molar-refractivity contribution is -0.111. The fraction of sp³-hybridized carbons (Fsp3) is 0.0870. The zero-order chi connectivity index (χ0) is 21.5. The summed E-state index contributed by atoms with van der Waals surface area (Å²) in [5.74, 6) is 0.853. The Hall–Kier alpha value is -2.66. The molecule has 0 aliphatic heterocycles. The molecule has 30 heavy (non-hydrogen) atoms. The maximum absolute atomic E-state index is 12.2. The summed E-state index contributed by atoms with van der Waals surface area (Å²) < 4.78 is 11.3. The second kappa shape index (κ2) is 10.4. The number of nitrogens with one attached hydrogen (secondary N) is 1. The number of hydrogen-bond acceptors (Lipinski definition) is 3. The second-order valence-electron chi connectivity index (χ2n) is 6.31. The van der Waals surface area contributed by atoms with Gasteiger partial charge in [0.25, 0.3) is 0 Å². The Morgan fingerprint density at radius 1 is 0.900 bits per heavy atom. The fourth-order valence-corrected chi connectivity index (χ4v) is 3.28. The van der Waals surface area contributed by atoms with Crippen LogP contribution in [0, 0.1) is 0 Å². The van der Waals surface area contributed by atoms with Gasteiger partial charge in [0.15, 0.2) is 11.5 Å². The molecular formula is C23H18Cl3NO3. The molecule has 1 amide bonds. The molecule has 0 unspecified atom stereocenters. The molecule has 0 heterocycles. The number of carbonyl (C=O) groups excluding carboxylic acids is 1. The highest BCUT2D eigenvalue weighted by Gasteiger charge is 2.06. The Morgan fingerprint density at radius 2 is 1.60 bits per heavy atom. The molecule has 0 aromatic heterocycles. The van der Waals surface area contributed by atoms with Crippen molar-refractivity contribution in [3.63, 3.8) is 0 Å². The molecule has 3 aromatic rings. The van der Waals surface area contributed by atoms with Gasteiger partial charge in [-0.3, -0.25) is 4.79 Å². The first-order chi connectivity index (χ1) is 14.4. The van der Waals surface area contributed by atoms with Crippen molar-refractivity contribution >= 4 is 52.5 Å². The van der Waals surface area contributed by atoms with E-state index in [0.717, 1.165) is 11.1 Å². The molecule has 0 spiro atoms. The van der Waals surface area contributed by atoms with Gasteiger partial charge in [0, 0.05) is 26.8 Å². The number of amides is 1. The Morgan fingerprint density at radius 3 is 2.27 bits per heavy atom. The van der Waals surface area contributed by atoms with E-state index in [-0.39, 0.29) is 5.91 Å². The van der Waals surface area contributed by atoms with Gasteiger partial charge in [-0.25, -0.2) is 0 Å². The van der Waals surface area contributed by atoms with E-state index in [4.69, 9.17) is 44.3 Å². The van der Waals surface area contributed by atoms with Crippen LogP contribution in [-0.4, -0.2) is 13.0 Å². The summed E-state index contributed by atoms with van der Waals surface area (Å²) in [5.41, 5.74) is 2.29. The van der Waals surface area contributed by atoms with Crippen LogP contribution in [0.3, 0.4) is 0 Å². The number of ether oxygens (including phenoxy) is 2. The van der Waals surface area contributed by atoms with E-state index in [1.54, 1.807) is 43.5 Å². The van der Waals surface area contributed by atoms with E-state index in [0.29, 0.717) is 38.9 Å². The van der Waals surface area contributed by atoms with Crippen LogP contribution in [-0.2, 0) is 11.4 Å². The Bertz CT molecular complexity index is 1050. The van der Waals surface area contributed by atoms with Gasteiger partial charge in [0.05, 0.1) is 7.11 Å².